The van der Waals surface area contributed by atoms with Crippen molar-refractivity contribution in [2.24, 2.45) is 0 Å². The zero-order valence-electron chi connectivity index (χ0n) is 6.52. The second-order valence-corrected chi connectivity index (χ2v) is 4.48. The van der Waals surface area contributed by atoms with Crippen molar-refractivity contribution in [1.29, 1.82) is 5.26 Å². The van der Waals surface area contributed by atoms with Crippen LogP contribution in [0, 0.1) is 11.3 Å². The lowest BCUT2D eigenvalue weighted by atomic mass is 10.4. The molecule has 2 rings (SSSR count). The molecule has 13 heavy (non-hydrogen) atoms. The Bertz CT molecular complexity index is 464. The third kappa shape index (κ3) is 1.54. The van der Waals surface area contributed by atoms with Crippen molar-refractivity contribution in [2.75, 3.05) is 5.73 Å². The van der Waals surface area contributed by atoms with Gasteiger partial charge in [-0.15, -0.1) is 11.3 Å². The molecule has 3 nitrogen and oxygen atoms in total. The Kier molecular flexibility index (Phi) is 2.00. The number of nitrogens with zero attached hydrogens (tertiary/aromatic N) is 2. The average Bonchev–Trinajstić information content (AvgIpc) is 2.71. The van der Waals surface area contributed by atoms with Crippen LogP contribution >= 0.6 is 22.7 Å². The van der Waals surface area contributed by atoms with Gasteiger partial charge in [-0.05, 0) is 12.1 Å². The summed E-state index contributed by atoms with van der Waals surface area (Å²) in [6.45, 7) is 0. The molecule has 0 fully saturated rings. The molecular weight excluding hydrogens is 202 g/mol. The van der Waals surface area contributed by atoms with Crippen molar-refractivity contribution in [3.63, 3.8) is 0 Å². The highest BCUT2D eigenvalue weighted by molar-refractivity contribution is 7.24. The summed E-state index contributed by atoms with van der Waals surface area (Å²) in [6.07, 6.45) is 1.73. The highest BCUT2D eigenvalue weighted by Gasteiger charge is 2.05. The summed E-state index contributed by atoms with van der Waals surface area (Å²) in [5.74, 6) is 0. The minimum atomic E-state index is 0.557. The van der Waals surface area contributed by atoms with Crippen LogP contribution < -0.4 is 5.73 Å². The largest absolute Gasteiger partial charge is 0.375 e. The van der Waals surface area contributed by atoms with E-state index in [1.54, 1.807) is 12.3 Å². The monoisotopic (exact) mass is 207 g/mol. The van der Waals surface area contributed by atoms with E-state index < -0.39 is 0 Å². The summed E-state index contributed by atoms with van der Waals surface area (Å²) in [6, 6.07) is 5.81. The maximum atomic E-state index is 8.63. The fourth-order valence-electron chi connectivity index (χ4n) is 0.932. The second kappa shape index (κ2) is 3.17. The summed E-state index contributed by atoms with van der Waals surface area (Å²) in [4.78, 5) is 6.72. The molecule has 2 heterocycles. The van der Waals surface area contributed by atoms with Gasteiger partial charge in [0.25, 0.3) is 0 Å². The zero-order chi connectivity index (χ0) is 9.26. The number of nitriles is 1. The van der Waals surface area contributed by atoms with E-state index in [2.05, 4.69) is 11.1 Å². The highest BCUT2D eigenvalue weighted by Crippen LogP contribution is 2.32. The maximum absolute atomic E-state index is 8.63. The van der Waals surface area contributed by atoms with Gasteiger partial charge >= 0.3 is 0 Å². The first-order chi connectivity index (χ1) is 6.29. The molecule has 0 saturated carbocycles. The van der Waals surface area contributed by atoms with Gasteiger partial charge in [0.2, 0.25) is 0 Å². The summed E-state index contributed by atoms with van der Waals surface area (Å²) in [5, 5.41) is 9.18. The third-order valence-corrected chi connectivity index (χ3v) is 3.49. The molecule has 0 aliphatic carbocycles. The van der Waals surface area contributed by atoms with Gasteiger partial charge in [-0.3, -0.25) is 0 Å². The fraction of sp³-hybridized carbons (Fsp3) is 0. The van der Waals surface area contributed by atoms with Crippen LogP contribution in [0.1, 0.15) is 4.88 Å². The SMILES string of the molecule is N#Cc1ccc(-c2cnc(N)s2)s1. The van der Waals surface area contributed by atoms with Crippen LogP contribution in [0.2, 0.25) is 0 Å². The van der Waals surface area contributed by atoms with Crippen LogP contribution in [0.15, 0.2) is 18.3 Å². The van der Waals surface area contributed by atoms with Crippen molar-refractivity contribution in [2.45, 2.75) is 0 Å². The summed E-state index contributed by atoms with van der Waals surface area (Å²) in [7, 11) is 0. The number of nitrogens with two attached hydrogens (primary N) is 1. The Morgan fingerprint density at radius 3 is 2.69 bits per heavy atom. The first kappa shape index (κ1) is 8.23. The normalized spacial score (nSPS) is 9.77. The standard InChI is InChI=1S/C8H5N3S2/c9-3-5-1-2-6(12-5)7-4-11-8(10)13-7/h1-2,4H,(H2,10,11). The fourth-order valence-corrected chi connectivity index (χ4v) is 2.49. The average molecular weight is 207 g/mol. The molecule has 0 atom stereocenters. The van der Waals surface area contributed by atoms with E-state index in [-0.39, 0.29) is 0 Å². The van der Waals surface area contributed by atoms with Crippen molar-refractivity contribution in [3.8, 4) is 15.8 Å². The van der Waals surface area contributed by atoms with Gasteiger partial charge in [0, 0.05) is 11.1 Å². The van der Waals surface area contributed by atoms with Gasteiger partial charge in [0.05, 0.1) is 4.88 Å². The van der Waals surface area contributed by atoms with Crippen LogP contribution in [0.4, 0.5) is 5.13 Å². The number of hydrogen-bond donors (Lipinski definition) is 1. The van der Waals surface area contributed by atoms with E-state index in [1.165, 1.54) is 22.7 Å². The van der Waals surface area contributed by atoms with E-state index in [0.29, 0.717) is 10.0 Å². The first-order valence-corrected chi connectivity index (χ1v) is 5.14. The molecule has 0 radical (unpaired) electrons. The highest BCUT2D eigenvalue weighted by atomic mass is 32.1. The van der Waals surface area contributed by atoms with Gasteiger partial charge < -0.3 is 5.73 Å². The maximum Gasteiger partial charge on any atom is 0.180 e. The molecule has 0 spiro atoms. The van der Waals surface area contributed by atoms with E-state index >= 15 is 0 Å². The number of anilines is 1. The second-order valence-electron chi connectivity index (χ2n) is 2.34. The van der Waals surface area contributed by atoms with Crippen LogP contribution in [0.5, 0.6) is 0 Å². The Hall–Kier alpha value is -1.38. The molecule has 2 N–H and O–H groups in total. The van der Waals surface area contributed by atoms with E-state index in [0.717, 1.165) is 9.75 Å². The van der Waals surface area contributed by atoms with Crippen molar-refractivity contribution >= 4 is 27.8 Å². The molecule has 5 heteroatoms. The number of hydrogen-bond acceptors (Lipinski definition) is 5. The molecule has 2 aromatic heterocycles. The van der Waals surface area contributed by atoms with Crippen molar-refractivity contribution in [1.82, 2.24) is 4.98 Å². The van der Waals surface area contributed by atoms with Crippen molar-refractivity contribution < 1.29 is 0 Å². The lowest BCUT2D eigenvalue weighted by molar-refractivity contribution is 1.43. The zero-order valence-corrected chi connectivity index (χ0v) is 8.15. The Morgan fingerprint density at radius 1 is 1.31 bits per heavy atom. The Balaban J connectivity index is 2.42. The Labute approximate surface area is 83.1 Å². The van der Waals surface area contributed by atoms with E-state index in [4.69, 9.17) is 11.0 Å². The molecule has 0 unspecified atom stereocenters. The molecule has 64 valence electrons. The third-order valence-electron chi connectivity index (χ3n) is 1.48. The van der Waals surface area contributed by atoms with Crippen LogP contribution in [-0.4, -0.2) is 4.98 Å². The van der Waals surface area contributed by atoms with E-state index in [9.17, 15) is 0 Å². The number of thiazole rings is 1. The minimum Gasteiger partial charge on any atom is -0.375 e. The molecular formula is C8H5N3S2. The van der Waals surface area contributed by atoms with Gasteiger partial charge in [-0.25, -0.2) is 4.98 Å². The molecule has 0 aromatic carbocycles. The summed E-state index contributed by atoms with van der Waals surface area (Å²) in [5.41, 5.74) is 5.50. The molecule has 0 aliphatic rings. The molecule has 0 amide bonds. The number of aromatic nitrogens is 1. The Morgan fingerprint density at radius 2 is 2.15 bits per heavy atom. The van der Waals surface area contributed by atoms with Gasteiger partial charge in [0.15, 0.2) is 5.13 Å². The number of thiophene rings is 1. The molecule has 0 aliphatic heterocycles. The topological polar surface area (TPSA) is 62.7 Å². The van der Waals surface area contributed by atoms with Gasteiger partial charge in [-0.1, -0.05) is 11.3 Å². The minimum absolute atomic E-state index is 0.557. The van der Waals surface area contributed by atoms with Crippen LogP contribution in [0.3, 0.4) is 0 Å². The first-order valence-electron chi connectivity index (χ1n) is 3.51. The number of rotatable bonds is 1. The quantitative estimate of drug-likeness (QED) is 0.780. The molecule has 0 bridgehead atoms. The molecule has 2 aromatic rings. The number of nitrogen functional groups attached to an aromatic ring is 1. The molecule has 0 saturated heterocycles. The summed E-state index contributed by atoms with van der Waals surface area (Å²) < 4.78 is 0. The van der Waals surface area contributed by atoms with Crippen molar-refractivity contribution in [3.05, 3.63) is 23.2 Å². The predicted molar refractivity (Wildman–Crippen MR) is 54.6 cm³/mol. The predicted octanol–water partition coefficient (Wildman–Crippen LogP) is 2.33. The van der Waals surface area contributed by atoms with Crippen LogP contribution in [0.25, 0.3) is 9.75 Å². The lowest BCUT2D eigenvalue weighted by Gasteiger charge is -1.84. The van der Waals surface area contributed by atoms with Gasteiger partial charge in [-0.2, -0.15) is 5.26 Å². The van der Waals surface area contributed by atoms with Gasteiger partial charge in [0.1, 0.15) is 10.9 Å². The lowest BCUT2D eigenvalue weighted by Crippen LogP contribution is -1.77. The summed E-state index contributed by atoms with van der Waals surface area (Å²) >= 11 is 2.89. The van der Waals surface area contributed by atoms with Crippen LogP contribution in [-0.2, 0) is 0 Å². The van der Waals surface area contributed by atoms with E-state index in [1.807, 2.05) is 6.07 Å². The smallest absolute Gasteiger partial charge is 0.180 e.